The van der Waals surface area contributed by atoms with Gasteiger partial charge in [-0.05, 0) is 17.5 Å². The second-order valence-electron chi connectivity index (χ2n) is 4.40. The molecule has 0 saturated heterocycles. The first kappa shape index (κ1) is 17.9. The van der Waals surface area contributed by atoms with Gasteiger partial charge in [-0.15, -0.1) is 22.7 Å². The zero-order valence-electron chi connectivity index (χ0n) is 13.2. The van der Waals surface area contributed by atoms with E-state index in [9.17, 15) is 14.4 Å². The molecule has 0 aliphatic rings. The van der Waals surface area contributed by atoms with Gasteiger partial charge in [0.25, 0.3) is 0 Å². The monoisotopic (exact) mass is 366 g/mol. The maximum absolute atomic E-state index is 12.0. The van der Waals surface area contributed by atoms with E-state index in [1.54, 1.807) is 16.8 Å². The van der Waals surface area contributed by atoms with Crippen LogP contribution in [0.4, 0.5) is 0 Å². The van der Waals surface area contributed by atoms with Crippen LogP contribution in [0.15, 0.2) is 22.9 Å². The van der Waals surface area contributed by atoms with Gasteiger partial charge in [-0.25, -0.2) is 14.4 Å². The van der Waals surface area contributed by atoms with Gasteiger partial charge >= 0.3 is 17.9 Å². The quantitative estimate of drug-likeness (QED) is 0.459. The summed E-state index contributed by atoms with van der Waals surface area (Å²) in [7, 11) is 3.84. The molecule has 2 aromatic heterocycles. The Labute approximate surface area is 146 Å². The molecule has 0 aliphatic carbocycles. The minimum absolute atomic E-state index is 0.328. The zero-order valence-corrected chi connectivity index (χ0v) is 14.8. The second-order valence-corrected chi connectivity index (χ2v) is 6.19. The van der Waals surface area contributed by atoms with Gasteiger partial charge in [0.05, 0.1) is 21.3 Å². The number of carbonyl (C=O) groups excluding carboxylic acids is 3. The van der Waals surface area contributed by atoms with E-state index in [2.05, 4.69) is 4.74 Å². The average Bonchev–Trinajstić information content (AvgIpc) is 3.24. The van der Waals surface area contributed by atoms with Gasteiger partial charge in [0.2, 0.25) is 0 Å². The van der Waals surface area contributed by atoms with Gasteiger partial charge < -0.3 is 14.2 Å². The van der Waals surface area contributed by atoms with Crippen molar-refractivity contribution in [3.63, 3.8) is 0 Å². The first-order valence-electron chi connectivity index (χ1n) is 6.65. The normalized spacial score (nSPS) is 10.6. The van der Waals surface area contributed by atoms with E-state index >= 15 is 0 Å². The standard InChI is InChI=1S/C16H14O6S2/c1-20-12(17)5-4-9-11(8-24-14(9)16(19)22-3)10-6-7-23-13(10)15(18)21-2/h4-8H,1-3H3/b5-4+. The molecule has 0 atom stereocenters. The van der Waals surface area contributed by atoms with Gasteiger partial charge in [-0.1, -0.05) is 0 Å². The number of hydrogen-bond acceptors (Lipinski definition) is 8. The molecule has 8 heteroatoms. The zero-order chi connectivity index (χ0) is 17.7. The van der Waals surface area contributed by atoms with Crippen LogP contribution >= 0.6 is 22.7 Å². The molecule has 0 N–H and O–H groups in total. The first-order chi connectivity index (χ1) is 11.5. The second kappa shape index (κ2) is 7.89. The third kappa shape index (κ3) is 3.55. The van der Waals surface area contributed by atoms with Crippen molar-refractivity contribution in [2.75, 3.05) is 21.3 Å². The highest BCUT2D eigenvalue weighted by Crippen LogP contribution is 2.37. The molecule has 6 nitrogen and oxygen atoms in total. The highest BCUT2D eigenvalue weighted by atomic mass is 32.1. The lowest BCUT2D eigenvalue weighted by atomic mass is 10.0. The lowest BCUT2D eigenvalue weighted by Gasteiger charge is -2.04. The van der Waals surface area contributed by atoms with Crippen molar-refractivity contribution in [1.29, 1.82) is 0 Å². The number of hydrogen-bond donors (Lipinski definition) is 0. The van der Waals surface area contributed by atoms with Gasteiger partial charge in [-0.2, -0.15) is 0 Å². The predicted octanol–water partition coefficient (Wildman–Crippen LogP) is 3.24. The Morgan fingerprint density at radius 2 is 1.58 bits per heavy atom. The lowest BCUT2D eigenvalue weighted by molar-refractivity contribution is -0.134. The van der Waals surface area contributed by atoms with Crippen LogP contribution in [0.5, 0.6) is 0 Å². The molecule has 24 heavy (non-hydrogen) atoms. The minimum atomic E-state index is -0.554. The third-order valence-corrected chi connectivity index (χ3v) is 4.98. The Morgan fingerprint density at radius 3 is 2.21 bits per heavy atom. The van der Waals surface area contributed by atoms with Crippen molar-refractivity contribution < 1.29 is 28.6 Å². The Morgan fingerprint density at radius 1 is 0.917 bits per heavy atom. The first-order valence-corrected chi connectivity index (χ1v) is 8.41. The maximum Gasteiger partial charge on any atom is 0.348 e. The van der Waals surface area contributed by atoms with Gasteiger partial charge in [0, 0.05) is 28.1 Å². The van der Waals surface area contributed by atoms with Crippen molar-refractivity contribution in [1.82, 2.24) is 0 Å². The predicted molar refractivity (Wildman–Crippen MR) is 91.4 cm³/mol. The Kier molecular flexibility index (Phi) is 5.88. The molecule has 2 heterocycles. The fraction of sp³-hybridized carbons (Fsp3) is 0.188. The van der Waals surface area contributed by atoms with E-state index in [1.165, 1.54) is 56.2 Å². The largest absolute Gasteiger partial charge is 0.466 e. The summed E-state index contributed by atoms with van der Waals surface area (Å²) in [4.78, 5) is 36.0. The summed E-state index contributed by atoms with van der Waals surface area (Å²) in [6.07, 6.45) is 2.69. The van der Waals surface area contributed by atoms with E-state index in [-0.39, 0.29) is 0 Å². The molecular formula is C16H14O6S2. The van der Waals surface area contributed by atoms with Gasteiger partial charge in [0.15, 0.2) is 0 Å². The average molecular weight is 366 g/mol. The number of thiophene rings is 2. The van der Waals surface area contributed by atoms with E-state index < -0.39 is 17.9 Å². The maximum atomic E-state index is 12.0. The van der Waals surface area contributed by atoms with E-state index in [0.717, 1.165) is 0 Å². The van der Waals surface area contributed by atoms with E-state index in [1.807, 2.05) is 0 Å². The van der Waals surface area contributed by atoms with Gasteiger partial charge in [-0.3, -0.25) is 0 Å². The number of rotatable bonds is 5. The summed E-state index contributed by atoms with van der Waals surface area (Å²) in [5, 5.41) is 3.49. The van der Waals surface area contributed by atoms with Crippen molar-refractivity contribution >= 4 is 46.7 Å². The van der Waals surface area contributed by atoms with Crippen molar-refractivity contribution in [3.05, 3.63) is 38.2 Å². The third-order valence-electron chi connectivity index (χ3n) is 3.11. The van der Waals surface area contributed by atoms with Crippen molar-refractivity contribution in [2.45, 2.75) is 0 Å². The number of ether oxygens (including phenoxy) is 3. The summed E-state index contributed by atoms with van der Waals surface area (Å²) >= 11 is 2.41. The van der Waals surface area contributed by atoms with E-state index in [0.29, 0.717) is 26.4 Å². The van der Waals surface area contributed by atoms with Crippen molar-refractivity contribution in [2.24, 2.45) is 0 Å². The molecule has 2 rings (SSSR count). The van der Waals surface area contributed by atoms with Crippen LogP contribution in [0.3, 0.4) is 0 Å². The number of methoxy groups -OCH3 is 3. The molecule has 0 unspecified atom stereocenters. The van der Waals surface area contributed by atoms with Crippen LogP contribution in [0.2, 0.25) is 0 Å². The smallest absolute Gasteiger partial charge is 0.348 e. The molecule has 0 fully saturated rings. The fourth-order valence-corrected chi connectivity index (χ4v) is 3.78. The summed E-state index contributed by atoms with van der Waals surface area (Å²) in [5.41, 5.74) is 1.76. The fourth-order valence-electron chi connectivity index (χ4n) is 1.98. The van der Waals surface area contributed by atoms with Crippen LogP contribution in [0.1, 0.15) is 24.9 Å². The number of carbonyl (C=O) groups is 3. The van der Waals surface area contributed by atoms with Crippen LogP contribution < -0.4 is 0 Å². The summed E-state index contributed by atoms with van der Waals surface area (Å²) in [6, 6.07) is 1.76. The molecule has 0 radical (unpaired) electrons. The lowest BCUT2D eigenvalue weighted by Crippen LogP contribution is -2.02. The molecule has 2 aromatic rings. The Balaban J connectivity index is 2.59. The van der Waals surface area contributed by atoms with Gasteiger partial charge in [0.1, 0.15) is 9.75 Å². The minimum Gasteiger partial charge on any atom is -0.466 e. The Bertz CT molecular complexity index is 799. The Hall–Kier alpha value is -2.45. The highest BCUT2D eigenvalue weighted by molar-refractivity contribution is 7.13. The highest BCUT2D eigenvalue weighted by Gasteiger charge is 2.22. The van der Waals surface area contributed by atoms with Crippen LogP contribution in [0.25, 0.3) is 17.2 Å². The van der Waals surface area contributed by atoms with Crippen LogP contribution in [0, 0.1) is 0 Å². The molecule has 0 aromatic carbocycles. The summed E-state index contributed by atoms with van der Waals surface area (Å²) in [6.45, 7) is 0. The number of esters is 3. The molecule has 126 valence electrons. The topological polar surface area (TPSA) is 78.9 Å². The SMILES string of the molecule is COC(=O)/C=C/c1c(-c2ccsc2C(=O)OC)csc1C(=O)OC. The molecule has 0 aliphatic heterocycles. The summed E-state index contributed by atoms with van der Waals surface area (Å²) in [5.74, 6) is -1.54. The molecular weight excluding hydrogens is 352 g/mol. The van der Waals surface area contributed by atoms with Crippen molar-refractivity contribution in [3.8, 4) is 11.1 Å². The van der Waals surface area contributed by atoms with Crippen LogP contribution in [-0.2, 0) is 19.0 Å². The van der Waals surface area contributed by atoms with E-state index in [4.69, 9.17) is 9.47 Å². The molecule has 0 saturated carbocycles. The van der Waals surface area contributed by atoms with Crippen LogP contribution in [-0.4, -0.2) is 39.2 Å². The molecule has 0 spiro atoms. The molecule has 0 amide bonds. The molecule has 0 bridgehead atoms. The summed E-state index contributed by atoms with van der Waals surface area (Å²) < 4.78 is 14.1.